The van der Waals surface area contributed by atoms with E-state index in [1.54, 1.807) is 30.5 Å². The van der Waals surface area contributed by atoms with Gasteiger partial charge in [-0.05, 0) is 37.6 Å². The summed E-state index contributed by atoms with van der Waals surface area (Å²) in [6.45, 7) is 3.69. The highest BCUT2D eigenvalue weighted by molar-refractivity contribution is 7.07. The highest BCUT2D eigenvalue weighted by Crippen LogP contribution is 2.19. The average molecular weight is 297 g/mol. The van der Waals surface area contributed by atoms with Crippen molar-refractivity contribution in [3.05, 3.63) is 49.5 Å². The van der Waals surface area contributed by atoms with Gasteiger partial charge in [0.25, 0.3) is 0 Å². The third-order valence-electron chi connectivity index (χ3n) is 2.74. The first-order valence-electron chi connectivity index (χ1n) is 5.68. The van der Waals surface area contributed by atoms with Crippen molar-refractivity contribution in [1.29, 1.82) is 0 Å². The lowest BCUT2D eigenvalue weighted by atomic mass is 10.2. The Hall–Kier alpha value is -1.59. The molecule has 0 bridgehead atoms. The SMILES string of the molecule is Cc1cc(Cl)ccc1NC(=O)Cn1c(C)csc1=O. The summed E-state index contributed by atoms with van der Waals surface area (Å²) >= 11 is 6.95. The number of benzene rings is 1. The van der Waals surface area contributed by atoms with Gasteiger partial charge in [0.15, 0.2) is 0 Å². The molecule has 1 heterocycles. The Balaban J connectivity index is 2.12. The lowest BCUT2D eigenvalue weighted by molar-refractivity contribution is -0.116. The Labute approximate surface area is 119 Å². The van der Waals surface area contributed by atoms with Gasteiger partial charge in [-0.25, -0.2) is 0 Å². The number of halogens is 1. The summed E-state index contributed by atoms with van der Waals surface area (Å²) in [4.78, 5) is 23.3. The minimum atomic E-state index is -0.228. The number of aromatic nitrogens is 1. The van der Waals surface area contributed by atoms with Gasteiger partial charge in [-0.2, -0.15) is 0 Å². The monoisotopic (exact) mass is 296 g/mol. The summed E-state index contributed by atoms with van der Waals surface area (Å²) in [6, 6.07) is 5.24. The zero-order valence-corrected chi connectivity index (χ0v) is 12.1. The van der Waals surface area contributed by atoms with Crippen LogP contribution < -0.4 is 10.2 Å². The molecule has 19 heavy (non-hydrogen) atoms. The van der Waals surface area contributed by atoms with E-state index in [0.717, 1.165) is 22.6 Å². The maximum Gasteiger partial charge on any atom is 0.307 e. The molecule has 0 aliphatic rings. The molecule has 1 N–H and O–H groups in total. The number of nitrogens with one attached hydrogen (secondary N) is 1. The van der Waals surface area contributed by atoms with Crippen molar-refractivity contribution in [2.45, 2.75) is 20.4 Å². The number of anilines is 1. The first-order valence-corrected chi connectivity index (χ1v) is 6.94. The summed E-state index contributed by atoms with van der Waals surface area (Å²) in [5, 5.41) is 5.14. The number of aryl methyl sites for hydroxylation is 2. The standard InChI is InChI=1S/C13H13ClN2O2S/c1-8-5-10(14)3-4-11(8)15-12(17)6-16-9(2)7-19-13(16)18/h3-5,7H,6H2,1-2H3,(H,15,17). The molecule has 0 spiro atoms. The molecule has 0 saturated carbocycles. The van der Waals surface area contributed by atoms with E-state index in [1.165, 1.54) is 4.57 Å². The Kier molecular flexibility index (Phi) is 4.07. The van der Waals surface area contributed by atoms with E-state index >= 15 is 0 Å². The molecule has 0 unspecified atom stereocenters. The highest BCUT2D eigenvalue weighted by atomic mass is 35.5. The molecular formula is C13H13ClN2O2S. The molecule has 0 aliphatic carbocycles. The molecule has 0 saturated heterocycles. The number of carbonyl (C=O) groups excluding carboxylic acids is 1. The fraction of sp³-hybridized carbons (Fsp3) is 0.231. The topological polar surface area (TPSA) is 51.1 Å². The number of thiazole rings is 1. The van der Waals surface area contributed by atoms with E-state index in [2.05, 4.69) is 5.32 Å². The largest absolute Gasteiger partial charge is 0.324 e. The number of rotatable bonds is 3. The quantitative estimate of drug-likeness (QED) is 0.947. The molecule has 1 amide bonds. The fourth-order valence-electron chi connectivity index (χ4n) is 1.70. The van der Waals surface area contributed by atoms with Crippen LogP contribution in [-0.4, -0.2) is 10.5 Å². The molecule has 0 fully saturated rings. The number of hydrogen-bond donors (Lipinski definition) is 1. The smallest absolute Gasteiger partial charge is 0.307 e. The molecule has 0 aliphatic heterocycles. The minimum Gasteiger partial charge on any atom is -0.324 e. The fourth-order valence-corrected chi connectivity index (χ4v) is 2.66. The summed E-state index contributed by atoms with van der Waals surface area (Å²) in [6.07, 6.45) is 0. The van der Waals surface area contributed by atoms with Crippen molar-refractivity contribution in [2.75, 3.05) is 5.32 Å². The van der Waals surface area contributed by atoms with E-state index < -0.39 is 0 Å². The third kappa shape index (κ3) is 3.24. The van der Waals surface area contributed by atoms with E-state index in [1.807, 2.05) is 6.92 Å². The van der Waals surface area contributed by atoms with Gasteiger partial charge >= 0.3 is 4.87 Å². The molecule has 2 aromatic rings. The van der Waals surface area contributed by atoms with Crippen LogP contribution in [-0.2, 0) is 11.3 Å². The molecule has 2 rings (SSSR count). The zero-order chi connectivity index (χ0) is 14.0. The second kappa shape index (κ2) is 5.59. The van der Waals surface area contributed by atoms with Crippen LogP contribution in [0.2, 0.25) is 5.02 Å². The number of nitrogens with zero attached hydrogens (tertiary/aromatic N) is 1. The summed E-state index contributed by atoms with van der Waals surface area (Å²) in [5.41, 5.74) is 2.38. The molecule has 1 aromatic heterocycles. The first-order chi connectivity index (χ1) is 8.97. The molecule has 0 radical (unpaired) electrons. The van der Waals surface area contributed by atoms with Gasteiger partial charge in [0.1, 0.15) is 6.54 Å². The summed E-state index contributed by atoms with van der Waals surface area (Å²) < 4.78 is 1.45. The van der Waals surface area contributed by atoms with Gasteiger partial charge in [0.2, 0.25) is 5.91 Å². The maximum atomic E-state index is 11.9. The van der Waals surface area contributed by atoms with E-state index in [-0.39, 0.29) is 17.3 Å². The Bertz CT molecular complexity index is 676. The molecule has 100 valence electrons. The molecule has 6 heteroatoms. The van der Waals surface area contributed by atoms with Crippen LogP contribution in [0.3, 0.4) is 0 Å². The Morgan fingerprint density at radius 1 is 1.42 bits per heavy atom. The van der Waals surface area contributed by atoms with Gasteiger partial charge in [0.05, 0.1) is 0 Å². The van der Waals surface area contributed by atoms with E-state index in [4.69, 9.17) is 11.6 Å². The molecule has 0 atom stereocenters. The van der Waals surface area contributed by atoms with Crippen LogP contribution in [0.1, 0.15) is 11.3 Å². The van der Waals surface area contributed by atoms with Crippen molar-refractivity contribution < 1.29 is 4.79 Å². The van der Waals surface area contributed by atoms with Gasteiger partial charge in [0, 0.05) is 21.8 Å². The molecule has 4 nitrogen and oxygen atoms in total. The van der Waals surface area contributed by atoms with Gasteiger partial charge < -0.3 is 5.32 Å². The van der Waals surface area contributed by atoms with Crippen LogP contribution in [0.25, 0.3) is 0 Å². The lowest BCUT2D eigenvalue weighted by Crippen LogP contribution is -2.25. The van der Waals surface area contributed by atoms with E-state index in [0.29, 0.717) is 10.7 Å². The summed E-state index contributed by atoms with van der Waals surface area (Å²) in [5.74, 6) is -0.228. The normalized spacial score (nSPS) is 10.5. The van der Waals surface area contributed by atoms with Crippen LogP contribution in [0.4, 0.5) is 5.69 Å². The van der Waals surface area contributed by atoms with Crippen molar-refractivity contribution in [3.8, 4) is 0 Å². The summed E-state index contributed by atoms with van der Waals surface area (Å²) in [7, 11) is 0. The average Bonchev–Trinajstić information content (AvgIpc) is 2.65. The first kappa shape index (κ1) is 13.8. The number of amides is 1. The van der Waals surface area contributed by atoms with Crippen LogP contribution in [0.5, 0.6) is 0 Å². The number of carbonyl (C=O) groups is 1. The third-order valence-corrected chi connectivity index (χ3v) is 3.86. The zero-order valence-electron chi connectivity index (χ0n) is 10.6. The Morgan fingerprint density at radius 3 is 2.74 bits per heavy atom. The van der Waals surface area contributed by atoms with Crippen molar-refractivity contribution in [1.82, 2.24) is 4.57 Å². The predicted octanol–water partition coefficient (Wildman–Crippen LogP) is 2.82. The van der Waals surface area contributed by atoms with Gasteiger partial charge in [-0.15, -0.1) is 0 Å². The maximum absolute atomic E-state index is 11.9. The highest BCUT2D eigenvalue weighted by Gasteiger charge is 2.09. The van der Waals surface area contributed by atoms with Crippen molar-refractivity contribution in [3.63, 3.8) is 0 Å². The van der Waals surface area contributed by atoms with Crippen molar-refractivity contribution in [2.24, 2.45) is 0 Å². The van der Waals surface area contributed by atoms with Crippen molar-refractivity contribution >= 4 is 34.5 Å². The molecule has 1 aromatic carbocycles. The second-order valence-corrected chi connectivity index (χ2v) is 5.49. The molecular weight excluding hydrogens is 284 g/mol. The van der Waals surface area contributed by atoms with Crippen LogP contribution >= 0.6 is 22.9 Å². The minimum absolute atomic E-state index is 0.0240. The second-order valence-electron chi connectivity index (χ2n) is 4.24. The Morgan fingerprint density at radius 2 is 2.16 bits per heavy atom. The van der Waals surface area contributed by atoms with E-state index in [9.17, 15) is 9.59 Å². The number of hydrogen-bond acceptors (Lipinski definition) is 3. The van der Waals surface area contributed by atoms with Crippen LogP contribution in [0.15, 0.2) is 28.4 Å². The van der Waals surface area contributed by atoms with Gasteiger partial charge in [-0.3, -0.25) is 14.2 Å². The van der Waals surface area contributed by atoms with Crippen LogP contribution in [0, 0.1) is 13.8 Å². The predicted molar refractivity (Wildman–Crippen MR) is 78.1 cm³/mol. The lowest BCUT2D eigenvalue weighted by Gasteiger charge is -2.09. The van der Waals surface area contributed by atoms with Gasteiger partial charge in [-0.1, -0.05) is 22.9 Å².